The number of nitrogens with one attached hydrogen (secondary N) is 1. The second kappa shape index (κ2) is 6.21. The first kappa shape index (κ1) is 14.3. The molecular weight excluding hydrogens is 218 g/mol. The van der Waals surface area contributed by atoms with E-state index in [1.165, 1.54) is 0 Å². The first-order valence-corrected chi connectivity index (χ1v) is 6.24. The highest BCUT2D eigenvalue weighted by molar-refractivity contribution is 5.85. The van der Waals surface area contributed by atoms with Crippen LogP contribution in [0, 0.1) is 5.41 Å². The lowest BCUT2D eigenvalue weighted by molar-refractivity contribution is 0.0174. The van der Waals surface area contributed by atoms with Crippen LogP contribution in [0.15, 0.2) is 5.16 Å². The number of nitrogens with zero attached hydrogens (tertiary/aromatic N) is 1. The molecule has 5 nitrogen and oxygen atoms in total. The van der Waals surface area contributed by atoms with E-state index in [0.29, 0.717) is 18.0 Å². The Bertz CT molecular complexity index is 260. The first-order chi connectivity index (χ1) is 7.99. The molecule has 1 aliphatic rings. The van der Waals surface area contributed by atoms with Gasteiger partial charge in [0.25, 0.3) is 0 Å². The Morgan fingerprint density at radius 1 is 1.53 bits per heavy atom. The standard InChI is InChI=1S/C12H25N3O2/c1-12(2,11(13)15-16)5-4-6-14-9-7-10(8-9)17-3/h9-10,14,16H,4-8H2,1-3H3,(H2,13,15). The van der Waals surface area contributed by atoms with Gasteiger partial charge in [0, 0.05) is 18.6 Å². The second-order valence-corrected chi connectivity index (χ2v) is 5.45. The van der Waals surface area contributed by atoms with Crippen LogP contribution in [-0.4, -0.2) is 36.8 Å². The van der Waals surface area contributed by atoms with Gasteiger partial charge in [0.05, 0.1) is 6.10 Å². The van der Waals surface area contributed by atoms with Gasteiger partial charge in [-0.1, -0.05) is 19.0 Å². The summed E-state index contributed by atoms with van der Waals surface area (Å²) >= 11 is 0. The summed E-state index contributed by atoms with van der Waals surface area (Å²) in [6, 6.07) is 0.604. The minimum Gasteiger partial charge on any atom is -0.409 e. The fourth-order valence-electron chi connectivity index (χ4n) is 2.02. The lowest BCUT2D eigenvalue weighted by atomic mass is 9.86. The molecule has 0 bridgehead atoms. The van der Waals surface area contributed by atoms with Crippen molar-refractivity contribution in [1.29, 1.82) is 0 Å². The molecular formula is C12H25N3O2. The first-order valence-electron chi connectivity index (χ1n) is 6.24. The molecule has 100 valence electrons. The quantitative estimate of drug-likeness (QED) is 0.207. The van der Waals surface area contributed by atoms with Crippen LogP contribution in [0.5, 0.6) is 0 Å². The van der Waals surface area contributed by atoms with E-state index in [1.807, 2.05) is 13.8 Å². The van der Waals surface area contributed by atoms with Crippen LogP contribution in [0.3, 0.4) is 0 Å². The van der Waals surface area contributed by atoms with Gasteiger partial charge in [0.2, 0.25) is 0 Å². The van der Waals surface area contributed by atoms with Crippen molar-refractivity contribution in [2.24, 2.45) is 16.3 Å². The zero-order valence-corrected chi connectivity index (χ0v) is 11.1. The molecule has 4 N–H and O–H groups in total. The van der Waals surface area contributed by atoms with Crippen LogP contribution in [0.2, 0.25) is 0 Å². The van der Waals surface area contributed by atoms with Gasteiger partial charge >= 0.3 is 0 Å². The Hall–Kier alpha value is -0.810. The Morgan fingerprint density at radius 3 is 2.71 bits per heavy atom. The van der Waals surface area contributed by atoms with Crippen molar-refractivity contribution in [3.8, 4) is 0 Å². The molecule has 1 fully saturated rings. The molecule has 1 aliphatic carbocycles. The zero-order valence-electron chi connectivity index (χ0n) is 11.1. The van der Waals surface area contributed by atoms with Gasteiger partial charge in [-0.05, 0) is 32.2 Å². The summed E-state index contributed by atoms with van der Waals surface area (Å²) in [5, 5.41) is 15.2. The highest BCUT2D eigenvalue weighted by atomic mass is 16.5. The van der Waals surface area contributed by atoms with Crippen LogP contribution in [0.1, 0.15) is 39.5 Å². The molecule has 0 amide bonds. The number of ether oxygens (including phenoxy) is 1. The summed E-state index contributed by atoms with van der Waals surface area (Å²) in [6.45, 7) is 4.96. The Morgan fingerprint density at radius 2 is 2.18 bits per heavy atom. The van der Waals surface area contributed by atoms with Crippen LogP contribution >= 0.6 is 0 Å². The number of hydrogen-bond donors (Lipinski definition) is 3. The van der Waals surface area contributed by atoms with Crippen molar-refractivity contribution < 1.29 is 9.94 Å². The molecule has 0 unspecified atom stereocenters. The maximum Gasteiger partial charge on any atom is 0.144 e. The summed E-state index contributed by atoms with van der Waals surface area (Å²) in [6.07, 6.45) is 4.61. The topological polar surface area (TPSA) is 79.9 Å². The minimum atomic E-state index is -0.231. The van der Waals surface area contributed by atoms with E-state index < -0.39 is 0 Å². The monoisotopic (exact) mass is 243 g/mol. The fourth-order valence-corrected chi connectivity index (χ4v) is 2.02. The number of methoxy groups -OCH3 is 1. The molecule has 0 heterocycles. The molecule has 1 saturated carbocycles. The summed E-state index contributed by atoms with van der Waals surface area (Å²) in [5.74, 6) is 0.306. The number of nitrogens with two attached hydrogens (primary N) is 1. The third-order valence-electron chi connectivity index (χ3n) is 3.64. The van der Waals surface area contributed by atoms with Crippen LogP contribution < -0.4 is 11.1 Å². The average Bonchev–Trinajstić information content (AvgIpc) is 2.25. The number of hydrogen-bond acceptors (Lipinski definition) is 4. The molecule has 0 aromatic rings. The second-order valence-electron chi connectivity index (χ2n) is 5.45. The summed E-state index contributed by atoms with van der Waals surface area (Å²) in [5.41, 5.74) is 5.40. The Labute approximate surface area is 103 Å². The van der Waals surface area contributed by atoms with Crippen LogP contribution in [0.25, 0.3) is 0 Å². The number of rotatable bonds is 7. The summed E-state index contributed by atoms with van der Waals surface area (Å²) < 4.78 is 5.22. The van der Waals surface area contributed by atoms with E-state index in [9.17, 15) is 0 Å². The number of oxime groups is 1. The predicted octanol–water partition coefficient (Wildman–Crippen LogP) is 1.31. The van der Waals surface area contributed by atoms with Crippen molar-refractivity contribution >= 4 is 5.84 Å². The van der Waals surface area contributed by atoms with E-state index >= 15 is 0 Å². The SMILES string of the molecule is COC1CC(NCCCC(C)(C)C(N)=NO)C1. The van der Waals surface area contributed by atoms with Crippen LogP contribution in [0.4, 0.5) is 0 Å². The number of amidine groups is 1. The smallest absolute Gasteiger partial charge is 0.144 e. The molecule has 0 aromatic carbocycles. The zero-order chi connectivity index (χ0) is 12.9. The Balaban J connectivity index is 2.09. The van der Waals surface area contributed by atoms with E-state index in [4.69, 9.17) is 15.7 Å². The minimum absolute atomic E-state index is 0.231. The van der Waals surface area contributed by atoms with E-state index in [-0.39, 0.29) is 5.41 Å². The van der Waals surface area contributed by atoms with E-state index in [1.54, 1.807) is 7.11 Å². The van der Waals surface area contributed by atoms with E-state index in [0.717, 1.165) is 32.2 Å². The molecule has 0 atom stereocenters. The maximum absolute atomic E-state index is 8.65. The molecule has 0 aliphatic heterocycles. The lowest BCUT2D eigenvalue weighted by Crippen LogP contribution is -2.45. The van der Waals surface area contributed by atoms with Gasteiger partial charge in [-0.2, -0.15) is 0 Å². The maximum atomic E-state index is 8.65. The van der Waals surface area contributed by atoms with Crippen molar-refractivity contribution in [2.75, 3.05) is 13.7 Å². The third-order valence-corrected chi connectivity index (χ3v) is 3.64. The molecule has 17 heavy (non-hydrogen) atoms. The van der Waals surface area contributed by atoms with Crippen molar-refractivity contribution in [1.82, 2.24) is 5.32 Å². The van der Waals surface area contributed by atoms with Crippen molar-refractivity contribution in [3.05, 3.63) is 0 Å². The van der Waals surface area contributed by atoms with Gasteiger partial charge < -0.3 is 21.0 Å². The molecule has 0 saturated heterocycles. The fraction of sp³-hybridized carbons (Fsp3) is 0.917. The van der Waals surface area contributed by atoms with Gasteiger partial charge in [-0.25, -0.2) is 0 Å². The van der Waals surface area contributed by atoms with Crippen molar-refractivity contribution in [3.63, 3.8) is 0 Å². The molecule has 0 aromatic heterocycles. The van der Waals surface area contributed by atoms with Gasteiger partial charge in [-0.3, -0.25) is 0 Å². The molecule has 0 spiro atoms. The highest BCUT2D eigenvalue weighted by Crippen LogP contribution is 2.24. The molecule has 1 rings (SSSR count). The van der Waals surface area contributed by atoms with Gasteiger partial charge in [0.15, 0.2) is 0 Å². The average molecular weight is 243 g/mol. The molecule has 0 radical (unpaired) electrons. The lowest BCUT2D eigenvalue weighted by Gasteiger charge is -2.35. The van der Waals surface area contributed by atoms with Crippen LogP contribution in [-0.2, 0) is 4.74 Å². The third kappa shape index (κ3) is 4.16. The summed E-state index contributed by atoms with van der Waals surface area (Å²) in [7, 11) is 1.76. The summed E-state index contributed by atoms with van der Waals surface area (Å²) in [4.78, 5) is 0. The normalized spacial score (nSPS) is 25.7. The van der Waals surface area contributed by atoms with Crippen molar-refractivity contribution in [2.45, 2.75) is 51.7 Å². The van der Waals surface area contributed by atoms with E-state index in [2.05, 4.69) is 10.5 Å². The Kier molecular flexibility index (Phi) is 5.21. The predicted molar refractivity (Wildman–Crippen MR) is 68.2 cm³/mol. The van der Waals surface area contributed by atoms with Gasteiger partial charge in [0.1, 0.15) is 5.84 Å². The molecule has 5 heteroatoms. The highest BCUT2D eigenvalue weighted by Gasteiger charge is 2.28. The van der Waals surface area contributed by atoms with Gasteiger partial charge in [-0.15, -0.1) is 0 Å². The largest absolute Gasteiger partial charge is 0.409 e.